The molecular formula is C25H20N2O3. The van der Waals surface area contributed by atoms with Gasteiger partial charge in [0, 0.05) is 22.2 Å². The molecule has 0 spiro atoms. The number of ether oxygens (including phenoxy) is 1. The van der Waals surface area contributed by atoms with Gasteiger partial charge in [0.2, 0.25) is 0 Å². The van der Waals surface area contributed by atoms with Crippen molar-refractivity contribution in [3.63, 3.8) is 0 Å². The zero-order valence-electron chi connectivity index (χ0n) is 16.7. The number of nitrogens with zero attached hydrogens (tertiary/aromatic N) is 1. The predicted octanol–water partition coefficient (Wildman–Crippen LogP) is 5.37. The quantitative estimate of drug-likeness (QED) is 0.461. The van der Waals surface area contributed by atoms with E-state index in [9.17, 15) is 9.59 Å². The first kappa shape index (κ1) is 19.3. The summed E-state index contributed by atoms with van der Waals surface area (Å²) in [5.41, 5.74) is 4.08. The largest absolute Gasteiger partial charge is 0.497 e. The molecule has 5 heteroatoms. The van der Waals surface area contributed by atoms with Crippen molar-refractivity contribution < 1.29 is 14.3 Å². The number of hydrogen-bond acceptors (Lipinski definition) is 4. The van der Waals surface area contributed by atoms with Crippen LogP contribution in [0.15, 0.2) is 78.9 Å². The fraction of sp³-hybridized carbons (Fsp3) is 0.0800. The van der Waals surface area contributed by atoms with Crippen molar-refractivity contribution in [2.45, 2.75) is 6.92 Å². The number of rotatable bonds is 5. The molecule has 148 valence electrons. The van der Waals surface area contributed by atoms with Crippen LogP contribution in [0, 0.1) is 0 Å². The minimum absolute atomic E-state index is 0.0165. The van der Waals surface area contributed by atoms with Gasteiger partial charge in [0.05, 0.1) is 23.9 Å². The summed E-state index contributed by atoms with van der Waals surface area (Å²) in [6.07, 6.45) is 0. The Morgan fingerprint density at radius 3 is 2.27 bits per heavy atom. The van der Waals surface area contributed by atoms with Gasteiger partial charge in [0.15, 0.2) is 5.78 Å². The van der Waals surface area contributed by atoms with Crippen LogP contribution >= 0.6 is 0 Å². The van der Waals surface area contributed by atoms with Crippen molar-refractivity contribution in [2.24, 2.45) is 0 Å². The van der Waals surface area contributed by atoms with Crippen molar-refractivity contribution in [3.8, 4) is 17.0 Å². The number of para-hydroxylation sites is 1. The summed E-state index contributed by atoms with van der Waals surface area (Å²) in [5, 5.41) is 3.69. The second kappa shape index (κ2) is 8.17. The molecule has 0 bridgehead atoms. The summed E-state index contributed by atoms with van der Waals surface area (Å²) in [5.74, 6) is 0.502. The van der Waals surface area contributed by atoms with Crippen LogP contribution in [0.4, 0.5) is 5.69 Å². The Morgan fingerprint density at radius 2 is 1.60 bits per heavy atom. The molecular weight excluding hydrogens is 376 g/mol. The highest BCUT2D eigenvalue weighted by molar-refractivity contribution is 6.13. The van der Waals surface area contributed by atoms with Gasteiger partial charge in [-0.05, 0) is 67.6 Å². The van der Waals surface area contributed by atoms with E-state index in [1.165, 1.54) is 6.92 Å². The molecule has 0 aliphatic carbocycles. The first-order chi connectivity index (χ1) is 14.5. The van der Waals surface area contributed by atoms with Gasteiger partial charge in [-0.3, -0.25) is 9.59 Å². The molecule has 0 fully saturated rings. The Kier molecular flexibility index (Phi) is 5.26. The molecule has 3 aromatic carbocycles. The van der Waals surface area contributed by atoms with E-state index in [-0.39, 0.29) is 11.7 Å². The maximum atomic E-state index is 13.1. The molecule has 5 nitrogen and oxygen atoms in total. The van der Waals surface area contributed by atoms with Crippen LogP contribution in [0.2, 0.25) is 0 Å². The lowest BCUT2D eigenvalue weighted by Crippen LogP contribution is -2.13. The van der Waals surface area contributed by atoms with E-state index < -0.39 is 0 Å². The Hall–Kier alpha value is -3.99. The van der Waals surface area contributed by atoms with Crippen LogP contribution < -0.4 is 10.1 Å². The number of pyridine rings is 1. The number of hydrogen-bond donors (Lipinski definition) is 1. The molecule has 0 unspecified atom stereocenters. The molecule has 0 saturated carbocycles. The molecule has 30 heavy (non-hydrogen) atoms. The summed E-state index contributed by atoms with van der Waals surface area (Å²) in [6, 6.07) is 23.8. The Bertz CT molecular complexity index is 1230. The van der Waals surface area contributed by atoms with Crippen LogP contribution in [0.1, 0.15) is 27.6 Å². The van der Waals surface area contributed by atoms with Gasteiger partial charge >= 0.3 is 0 Å². The normalized spacial score (nSPS) is 10.6. The van der Waals surface area contributed by atoms with E-state index in [0.29, 0.717) is 22.5 Å². The van der Waals surface area contributed by atoms with Crippen LogP contribution in [0.3, 0.4) is 0 Å². The monoisotopic (exact) mass is 396 g/mol. The number of fused-ring (bicyclic) bond motifs is 1. The van der Waals surface area contributed by atoms with Crippen molar-refractivity contribution in [1.82, 2.24) is 4.98 Å². The molecule has 0 radical (unpaired) electrons. The number of carbonyl (C=O) groups is 2. The minimum atomic E-state index is -0.237. The molecule has 0 aliphatic heterocycles. The molecule has 1 aromatic heterocycles. The number of Topliss-reactive ketones (excluding diaryl/α,β-unsaturated/α-hetero) is 1. The molecule has 1 N–H and O–H groups in total. The Balaban J connectivity index is 1.72. The zero-order chi connectivity index (χ0) is 21.1. The van der Waals surface area contributed by atoms with E-state index in [1.54, 1.807) is 37.4 Å². The van der Waals surface area contributed by atoms with Crippen molar-refractivity contribution >= 4 is 28.3 Å². The third-order valence-corrected chi connectivity index (χ3v) is 4.90. The molecule has 0 saturated heterocycles. The van der Waals surface area contributed by atoms with E-state index in [1.807, 2.05) is 48.5 Å². The van der Waals surface area contributed by atoms with E-state index in [2.05, 4.69) is 5.32 Å². The predicted molar refractivity (Wildman–Crippen MR) is 118 cm³/mol. The number of carbonyl (C=O) groups excluding carboxylic acids is 2. The van der Waals surface area contributed by atoms with Gasteiger partial charge in [-0.2, -0.15) is 0 Å². The highest BCUT2D eigenvalue weighted by Gasteiger charge is 2.14. The Labute approximate surface area is 174 Å². The minimum Gasteiger partial charge on any atom is -0.497 e. The van der Waals surface area contributed by atoms with Gasteiger partial charge < -0.3 is 10.1 Å². The van der Waals surface area contributed by atoms with Gasteiger partial charge in [-0.25, -0.2) is 4.98 Å². The summed E-state index contributed by atoms with van der Waals surface area (Å²) >= 11 is 0. The third-order valence-electron chi connectivity index (χ3n) is 4.90. The van der Waals surface area contributed by atoms with E-state index >= 15 is 0 Å². The van der Waals surface area contributed by atoms with E-state index in [0.717, 1.165) is 22.2 Å². The number of anilines is 1. The topological polar surface area (TPSA) is 68.3 Å². The van der Waals surface area contributed by atoms with Crippen LogP contribution in [-0.2, 0) is 0 Å². The fourth-order valence-electron chi connectivity index (χ4n) is 3.26. The highest BCUT2D eigenvalue weighted by Crippen LogP contribution is 2.27. The third kappa shape index (κ3) is 3.91. The molecule has 4 rings (SSSR count). The molecule has 4 aromatic rings. The lowest BCUT2D eigenvalue weighted by molar-refractivity contribution is 0.101. The van der Waals surface area contributed by atoms with Crippen molar-refractivity contribution in [3.05, 3.63) is 90.0 Å². The van der Waals surface area contributed by atoms with Gasteiger partial charge in [0.25, 0.3) is 5.91 Å². The number of nitrogens with one attached hydrogen (secondary N) is 1. The number of aromatic nitrogens is 1. The van der Waals surface area contributed by atoms with Gasteiger partial charge in [-0.15, -0.1) is 0 Å². The average molecular weight is 396 g/mol. The van der Waals surface area contributed by atoms with Crippen molar-refractivity contribution in [2.75, 3.05) is 12.4 Å². The first-order valence-corrected chi connectivity index (χ1v) is 9.52. The fourth-order valence-corrected chi connectivity index (χ4v) is 3.26. The van der Waals surface area contributed by atoms with Crippen LogP contribution in [0.5, 0.6) is 5.75 Å². The number of ketones is 1. The highest BCUT2D eigenvalue weighted by atomic mass is 16.5. The SMILES string of the molecule is COc1ccc(-c2cc(C(=O)Nc3ccc(C(C)=O)cc3)c3ccccc3n2)cc1. The van der Waals surface area contributed by atoms with Gasteiger partial charge in [0.1, 0.15) is 5.75 Å². The van der Waals surface area contributed by atoms with E-state index in [4.69, 9.17) is 9.72 Å². The molecule has 1 heterocycles. The molecule has 0 aliphatic rings. The standard InChI is InChI=1S/C25H20N2O3/c1-16(28)17-7-11-19(12-8-17)26-25(29)22-15-24(18-9-13-20(30-2)14-10-18)27-23-6-4-3-5-21(22)23/h3-15H,1-2H3,(H,26,29). The maximum Gasteiger partial charge on any atom is 0.256 e. The molecule has 1 amide bonds. The first-order valence-electron chi connectivity index (χ1n) is 9.52. The Morgan fingerprint density at radius 1 is 0.900 bits per heavy atom. The van der Waals surface area contributed by atoms with Gasteiger partial charge in [-0.1, -0.05) is 18.2 Å². The lowest BCUT2D eigenvalue weighted by atomic mass is 10.0. The number of benzene rings is 3. The average Bonchev–Trinajstić information content (AvgIpc) is 2.78. The maximum absolute atomic E-state index is 13.1. The summed E-state index contributed by atoms with van der Waals surface area (Å²) in [7, 11) is 1.62. The smallest absolute Gasteiger partial charge is 0.256 e. The summed E-state index contributed by atoms with van der Waals surface area (Å²) in [6.45, 7) is 1.51. The zero-order valence-corrected chi connectivity index (χ0v) is 16.7. The molecule has 0 atom stereocenters. The van der Waals surface area contributed by atoms with Crippen molar-refractivity contribution in [1.29, 1.82) is 0 Å². The second-order valence-corrected chi connectivity index (χ2v) is 6.89. The lowest BCUT2D eigenvalue weighted by Gasteiger charge is -2.11. The van der Waals surface area contributed by atoms with Crippen LogP contribution in [-0.4, -0.2) is 23.8 Å². The second-order valence-electron chi connectivity index (χ2n) is 6.89. The number of methoxy groups -OCH3 is 1. The summed E-state index contributed by atoms with van der Waals surface area (Å²) in [4.78, 5) is 29.3. The number of amides is 1. The van der Waals surface area contributed by atoms with Crippen LogP contribution in [0.25, 0.3) is 22.2 Å². The summed E-state index contributed by atoms with van der Waals surface area (Å²) < 4.78 is 5.22.